The van der Waals surface area contributed by atoms with Gasteiger partial charge in [0.1, 0.15) is 5.52 Å². The summed E-state index contributed by atoms with van der Waals surface area (Å²) < 4.78 is 40.1. The standard InChI is InChI=1S/C24H17F3N4O/c25-24(26,27)15-9-11-16(12-10-15)28-21(32)13-14-31-20-8-4-1-5-17(20)22-23(31)30-19-7-3-2-6-18(19)29-22/h1-12H,13-14H2,(H,28,32). The maximum Gasteiger partial charge on any atom is 0.416 e. The maximum absolute atomic E-state index is 12.7. The smallest absolute Gasteiger partial charge is 0.326 e. The summed E-state index contributed by atoms with van der Waals surface area (Å²) in [6.45, 7) is 0.351. The number of nitrogens with zero attached hydrogens (tertiary/aromatic N) is 3. The van der Waals surface area contributed by atoms with Crippen molar-refractivity contribution in [2.45, 2.75) is 19.1 Å². The van der Waals surface area contributed by atoms with E-state index in [9.17, 15) is 18.0 Å². The molecule has 0 aliphatic rings. The van der Waals surface area contributed by atoms with Crippen LogP contribution in [0.3, 0.4) is 0 Å². The zero-order valence-corrected chi connectivity index (χ0v) is 16.7. The van der Waals surface area contributed by atoms with Crippen molar-refractivity contribution in [2.24, 2.45) is 0 Å². The third-order valence-electron chi connectivity index (χ3n) is 5.32. The van der Waals surface area contributed by atoms with Crippen LogP contribution >= 0.6 is 0 Å². The van der Waals surface area contributed by atoms with E-state index in [1.165, 1.54) is 12.1 Å². The lowest BCUT2D eigenvalue weighted by Crippen LogP contribution is -2.15. The van der Waals surface area contributed by atoms with Crippen molar-refractivity contribution in [3.8, 4) is 0 Å². The predicted molar refractivity (Wildman–Crippen MR) is 117 cm³/mol. The van der Waals surface area contributed by atoms with Crippen molar-refractivity contribution in [3.05, 3.63) is 78.4 Å². The van der Waals surface area contributed by atoms with Crippen LogP contribution < -0.4 is 5.32 Å². The number of benzene rings is 3. The Morgan fingerprint density at radius 1 is 0.875 bits per heavy atom. The molecule has 5 aromatic rings. The van der Waals surface area contributed by atoms with E-state index in [2.05, 4.69) is 5.32 Å². The van der Waals surface area contributed by atoms with Gasteiger partial charge in [-0.3, -0.25) is 4.79 Å². The molecule has 0 atom stereocenters. The number of alkyl halides is 3. The van der Waals surface area contributed by atoms with Crippen LogP contribution in [0.1, 0.15) is 12.0 Å². The van der Waals surface area contributed by atoms with Gasteiger partial charge in [0, 0.05) is 24.0 Å². The van der Waals surface area contributed by atoms with E-state index < -0.39 is 11.7 Å². The van der Waals surface area contributed by atoms with E-state index in [-0.39, 0.29) is 12.3 Å². The number of aryl methyl sites for hydroxylation is 1. The number of carbonyl (C=O) groups is 1. The molecule has 0 fully saturated rings. The zero-order chi connectivity index (χ0) is 22.3. The van der Waals surface area contributed by atoms with Crippen molar-refractivity contribution in [3.63, 3.8) is 0 Å². The average molecular weight is 434 g/mol. The Hall–Kier alpha value is -3.94. The molecule has 160 valence electrons. The fourth-order valence-electron chi connectivity index (χ4n) is 3.79. The number of para-hydroxylation sites is 3. The number of carbonyl (C=O) groups excluding carboxylic acids is 1. The van der Waals surface area contributed by atoms with Gasteiger partial charge in [0.25, 0.3) is 0 Å². The lowest BCUT2D eigenvalue weighted by Gasteiger charge is -2.10. The lowest BCUT2D eigenvalue weighted by atomic mass is 10.2. The number of hydrogen-bond donors (Lipinski definition) is 1. The van der Waals surface area contributed by atoms with E-state index in [0.29, 0.717) is 17.9 Å². The third-order valence-corrected chi connectivity index (χ3v) is 5.32. The first kappa shape index (κ1) is 20.0. The van der Waals surface area contributed by atoms with E-state index in [1.807, 2.05) is 53.1 Å². The molecule has 0 unspecified atom stereocenters. The minimum Gasteiger partial charge on any atom is -0.326 e. The largest absolute Gasteiger partial charge is 0.416 e. The summed E-state index contributed by atoms with van der Waals surface area (Å²) in [5.41, 5.74) is 3.48. The Morgan fingerprint density at radius 3 is 2.25 bits per heavy atom. The molecule has 1 amide bonds. The molecule has 0 aliphatic heterocycles. The number of halogens is 3. The topological polar surface area (TPSA) is 59.8 Å². The highest BCUT2D eigenvalue weighted by Crippen LogP contribution is 2.30. The van der Waals surface area contributed by atoms with Crippen molar-refractivity contribution in [1.29, 1.82) is 0 Å². The summed E-state index contributed by atoms with van der Waals surface area (Å²) in [4.78, 5) is 22.0. The second kappa shape index (κ2) is 7.64. The summed E-state index contributed by atoms with van der Waals surface area (Å²) in [6.07, 6.45) is -4.28. The van der Waals surface area contributed by atoms with Crippen LogP contribution in [0, 0.1) is 0 Å². The SMILES string of the molecule is O=C(CCn1c2ccccc2c2nc3ccccc3nc21)Nc1ccc(C(F)(F)F)cc1. The van der Waals surface area contributed by atoms with Gasteiger partial charge in [0.15, 0.2) is 5.65 Å². The van der Waals surface area contributed by atoms with Gasteiger partial charge in [-0.25, -0.2) is 9.97 Å². The molecule has 2 heterocycles. The molecule has 0 saturated heterocycles. The third kappa shape index (κ3) is 3.64. The number of nitrogens with one attached hydrogen (secondary N) is 1. The normalized spacial score (nSPS) is 12.0. The van der Waals surface area contributed by atoms with Crippen LogP contribution in [0.4, 0.5) is 18.9 Å². The number of rotatable bonds is 4. The highest BCUT2D eigenvalue weighted by molar-refractivity contribution is 6.06. The van der Waals surface area contributed by atoms with Gasteiger partial charge in [-0.2, -0.15) is 13.2 Å². The molecule has 0 aliphatic carbocycles. The number of fused-ring (bicyclic) bond motifs is 4. The van der Waals surface area contributed by atoms with Crippen LogP contribution in [0.15, 0.2) is 72.8 Å². The average Bonchev–Trinajstić information content (AvgIpc) is 3.08. The van der Waals surface area contributed by atoms with Crippen molar-refractivity contribution in [2.75, 3.05) is 5.32 Å². The van der Waals surface area contributed by atoms with Crippen LogP contribution in [0.5, 0.6) is 0 Å². The number of hydrogen-bond acceptors (Lipinski definition) is 3. The van der Waals surface area contributed by atoms with Gasteiger partial charge in [-0.05, 0) is 42.5 Å². The zero-order valence-electron chi connectivity index (χ0n) is 16.7. The van der Waals surface area contributed by atoms with Gasteiger partial charge in [0.2, 0.25) is 5.91 Å². The maximum atomic E-state index is 12.7. The highest BCUT2D eigenvalue weighted by atomic mass is 19.4. The second-order valence-electron chi connectivity index (χ2n) is 7.43. The van der Waals surface area contributed by atoms with E-state index in [4.69, 9.17) is 9.97 Å². The van der Waals surface area contributed by atoms with E-state index in [0.717, 1.165) is 39.6 Å². The fourth-order valence-corrected chi connectivity index (χ4v) is 3.79. The first-order chi connectivity index (χ1) is 15.4. The molecule has 32 heavy (non-hydrogen) atoms. The Labute approximate surface area is 180 Å². The van der Waals surface area contributed by atoms with Crippen LogP contribution in [-0.2, 0) is 17.5 Å². The van der Waals surface area contributed by atoms with Gasteiger partial charge >= 0.3 is 6.18 Å². The van der Waals surface area contributed by atoms with E-state index >= 15 is 0 Å². The predicted octanol–water partition coefficient (Wildman–Crippen LogP) is 5.79. The molecule has 0 saturated carbocycles. The number of amides is 1. The second-order valence-corrected chi connectivity index (χ2v) is 7.43. The molecule has 0 bridgehead atoms. The number of anilines is 1. The quantitative estimate of drug-likeness (QED) is 0.390. The monoisotopic (exact) mass is 434 g/mol. The van der Waals surface area contributed by atoms with E-state index in [1.54, 1.807) is 0 Å². The van der Waals surface area contributed by atoms with Crippen LogP contribution in [-0.4, -0.2) is 20.4 Å². The minimum atomic E-state index is -4.41. The van der Waals surface area contributed by atoms with Gasteiger partial charge in [0.05, 0.1) is 22.1 Å². The first-order valence-electron chi connectivity index (χ1n) is 10.0. The van der Waals surface area contributed by atoms with Crippen molar-refractivity contribution in [1.82, 2.24) is 14.5 Å². The van der Waals surface area contributed by atoms with Crippen molar-refractivity contribution < 1.29 is 18.0 Å². The summed E-state index contributed by atoms with van der Waals surface area (Å²) in [7, 11) is 0. The molecule has 5 nitrogen and oxygen atoms in total. The highest BCUT2D eigenvalue weighted by Gasteiger charge is 2.30. The summed E-state index contributed by atoms with van der Waals surface area (Å²) in [5.74, 6) is -0.301. The molecule has 0 spiro atoms. The summed E-state index contributed by atoms with van der Waals surface area (Å²) in [6, 6.07) is 19.8. The molecule has 3 aromatic carbocycles. The van der Waals surface area contributed by atoms with Gasteiger partial charge in [-0.15, -0.1) is 0 Å². The summed E-state index contributed by atoms with van der Waals surface area (Å²) >= 11 is 0. The van der Waals surface area contributed by atoms with Gasteiger partial charge < -0.3 is 9.88 Å². The molecular formula is C24H17F3N4O. The molecular weight excluding hydrogens is 417 g/mol. The molecule has 8 heteroatoms. The van der Waals surface area contributed by atoms with Gasteiger partial charge in [-0.1, -0.05) is 30.3 Å². The number of aromatic nitrogens is 3. The molecule has 2 aromatic heterocycles. The lowest BCUT2D eigenvalue weighted by molar-refractivity contribution is -0.137. The Morgan fingerprint density at radius 2 is 1.53 bits per heavy atom. The Kier molecular flexibility index (Phi) is 4.77. The van der Waals surface area contributed by atoms with Crippen LogP contribution in [0.25, 0.3) is 33.1 Å². The Bertz CT molecular complexity index is 1460. The first-order valence-corrected chi connectivity index (χ1v) is 10.0. The van der Waals surface area contributed by atoms with Crippen LogP contribution in [0.2, 0.25) is 0 Å². The molecule has 1 N–H and O–H groups in total. The van der Waals surface area contributed by atoms with Crippen molar-refractivity contribution >= 4 is 44.7 Å². The Balaban J connectivity index is 1.42. The minimum absolute atomic E-state index is 0.128. The molecule has 5 rings (SSSR count). The summed E-state index contributed by atoms with van der Waals surface area (Å²) in [5, 5.41) is 3.60. The molecule has 0 radical (unpaired) electrons. The fraction of sp³-hybridized carbons (Fsp3) is 0.125.